The lowest BCUT2D eigenvalue weighted by Gasteiger charge is -2.33. The van der Waals surface area contributed by atoms with E-state index in [-0.39, 0.29) is 5.88 Å². The highest BCUT2D eigenvalue weighted by Gasteiger charge is 2.27. The monoisotopic (exact) mass is 549 g/mol. The Morgan fingerprint density at radius 1 is 1.12 bits per heavy atom. The van der Waals surface area contributed by atoms with Crippen molar-refractivity contribution in [3.63, 3.8) is 0 Å². The lowest BCUT2D eigenvalue weighted by molar-refractivity contribution is -0.180. The largest absolute Gasteiger partial charge is 0.493 e. The van der Waals surface area contributed by atoms with Crippen LogP contribution < -0.4 is 15.7 Å². The van der Waals surface area contributed by atoms with Gasteiger partial charge in [0.25, 0.3) is 0 Å². The van der Waals surface area contributed by atoms with Gasteiger partial charge in [-0.2, -0.15) is 0 Å². The van der Waals surface area contributed by atoms with Crippen molar-refractivity contribution in [2.24, 2.45) is 0 Å². The number of ether oxygens (including phenoxy) is 3. The van der Waals surface area contributed by atoms with Crippen LogP contribution >= 0.6 is 0 Å². The molecule has 3 aromatic rings. The van der Waals surface area contributed by atoms with Crippen molar-refractivity contribution in [1.29, 1.82) is 0 Å². The molecular formula is C31H39N3O6. The number of nitrogens with zero attached hydrogens (tertiary/aromatic N) is 1. The van der Waals surface area contributed by atoms with Crippen molar-refractivity contribution in [3.05, 3.63) is 75.8 Å². The Bertz CT molecular complexity index is 1350. The highest BCUT2D eigenvalue weighted by atomic mass is 16.7. The van der Waals surface area contributed by atoms with Gasteiger partial charge in [0.1, 0.15) is 5.75 Å². The van der Waals surface area contributed by atoms with E-state index in [1.807, 2.05) is 44.2 Å². The van der Waals surface area contributed by atoms with Crippen LogP contribution in [0.1, 0.15) is 68.7 Å². The summed E-state index contributed by atoms with van der Waals surface area (Å²) >= 11 is 0. The number of aliphatic hydroxyl groups is 1. The molecule has 0 fully saturated rings. The molecule has 214 valence electrons. The van der Waals surface area contributed by atoms with E-state index in [1.165, 1.54) is 10.8 Å². The molecule has 40 heavy (non-hydrogen) atoms. The van der Waals surface area contributed by atoms with E-state index >= 15 is 0 Å². The highest BCUT2D eigenvalue weighted by molar-refractivity contribution is 5.43. The van der Waals surface area contributed by atoms with Gasteiger partial charge in [0.15, 0.2) is 0 Å². The number of unbranched alkanes of at least 4 members (excludes halogenated alkanes) is 3. The van der Waals surface area contributed by atoms with Crippen molar-refractivity contribution < 1.29 is 24.4 Å². The Labute approximate surface area is 235 Å². The molecule has 0 spiro atoms. The molecule has 1 aliphatic heterocycles. The van der Waals surface area contributed by atoms with Crippen molar-refractivity contribution in [2.75, 3.05) is 26.3 Å². The average molecular weight is 550 g/mol. The molecule has 0 amide bonds. The second-order valence-corrected chi connectivity index (χ2v) is 10.3. The molecule has 9 nitrogen and oxygen atoms in total. The molecular weight excluding hydrogens is 510 g/mol. The van der Waals surface area contributed by atoms with Crippen LogP contribution in [0.2, 0.25) is 0 Å². The first-order valence-corrected chi connectivity index (χ1v) is 13.8. The van der Waals surface area contributed by atoms with Crippen molar-refractivity contribution in [3.8, 4) is 29.2 Å². The molecule has 0 aliphatic carbocycles. The van der Waals surface area contributed by atoms with Gasteiger partial charge in [-0.05, 0) is 61.3 Å². The van der Waals surface area contributed by atoms with E-state index in [0.29, 0.717) is 31.9 Å². The topological polar surface area (TPSA) is 118 Å². The summed E-state index contributed by atoms with van der Waals surface area (Å²) in [6.07, 6.45) is 5.61. The van der Waals surface area contributed by atoms with E-state index in [1.54, 1.807) is 12.1 Å². The quantitative estimate of drug-likeness (QED) is 0.187. The molecule has 1 unspecified atom stereocenters. The zero-order valence-electron chi connectivity index (χ0n) is 23.2. The first kappa shape index (κ1) is 29.4. The maximum Gasteiger partial charge on any atom is 0.333 e. The second-order valence-electron chi connectivity index (χ2n) is 10.3. The fourth-order valence-electron chi connectivity index (χ4n) is 4.42. The molecule has 0 radical (unpaired) electrons. The molecule has 4 N–H and O–H groups in total. The number of hydrogen-bond acceptors (Lipinski definition) is 7. The second kappa shape index (κ2) is 14.2. The Hall–Kier alpha value is -3.55. The summed E-state index contributed by atoms with van der Waals surface area (Å²) < 4.78 is 18.4. The van der Waals surface area contributed by atoms with Crippen molar-refractivity contribution >= 4 is 0 Å². The first-order chi connectivity index (χ1) is 19.3. The highest BCUT2D eigenvalue weighted by Crippen LogP contribution is 2.32. The summed E-state index contributed by atoms with van der Waals surface area (Å²) in [6, 6.07) is 12.9. The van der Waals surface area contributed by atoms with E-state index in [9.17, 15) is 15.0 Å². The number of fused-ring (bicyclic) bond motifs is 1. The number of hydrogen-bond donors (Lipinski definition) is 4. The molecule has 2 heterocycles. The number of aromatic hydroxyl groups is 1. The van der Waals surface area contributed by atoms with Gasteiger partial charge in [-0.25, -0.2) is 9.36 Å². The zero-order chi connectivity index (χ0) is 28.4. The van der Waals surface area contributed by atoms with Gasteiger partial charge in [0.2, 0.25) is 11.7 Å². The number of H-pyrrole nitrogens is 1. The number of nitrogens with one attached hydrogen (secondary N) is 2. The van der Waals surface area contributed by atoms with Gasteiger partial charge in [-0.1, -0.05) is 30.7 Å². The molecule has 1 aromatic heterocycles. The molecule has 0 bridgehead atoms. The minimum atomic E-state index is -0.618. The zero-order valence-corrected chi connectivity index (χ0v) is 23.2. The maximum absolute atomic E-state index is 11.7. The summed E-state index contributed by atoms with van der Waals surface area (Å²) in [6.45, 7) is 6.95. The summed E-state index contributed by atoms with van der Waals surface area (Å²) in [5.41, 5.74) is 2.85. The molecule has 4 rings (SSSR count). The molecule has 2 aromatic carbocycles. The molecule has 0 saturated heterocycles. The average Bonchev–Trinajstić information content (AvgIpc) is 3.28. The van der Waals surface area contributed by atoms with Crippen LogP contribution in [0.4, 0.5) is 0 Å². The van der Waals surface area contributed by atoms with Crippen LogP contribution in [-0.4, -0.2) is 51.9 Å². The lowest BCUT2D eigenvalue weighted by Crippen LogP contribution is -2.35. The van der Waals surface area contributed by atoms with Crippen LogP contribution in [0.3, 0.4) is 0 Å². The Balaban J connectivity index is 1.01. The van der Waals surface area contributed by atoms with Gasteiger partial charge in [-0.3, -0.25) is 0 Å². The van der Waals surface area contributed by atoms with Gasteiger partial charge in [0, 0.05) is 44.5 Å². The molecule has 0 saturated carbocycles. The third-order valence-electron chi connectivity index (χ3n) is 6.62. The fourth-order valence-corrected chi connectivity index (χ4v) is 4.42. The number of benzene rings is 2. The van der Waals surface area contributed by atoms with Crippen LogP contribution in [0.5, 0.6) is 11.6 Å². The van der Waals surface area contributed by atoms with Crippen LogP contribution in [-0.2, 0) is 16.1 Å². The number of aromatic nitrogens is 2. The number of aliphatic hydroxyl groups excluding tert-OH is 1. The summed E-state index contributed by atoms with van der Waals surface area (Å²) in [4.78, 5) is 14.2. The summed E-state index contributed by atoms with van der Waals surface area (Å²) in [7, 11) is 0. The van der Waals surface area contributed by atoms with Crippen LogP contribution in [0, 0.1) is 11.8 Å². The maximum atomic E-state index is 11.7. The standard InChI is InChI=1S/C31H39N3O6/c1-31(2)39-22-25-19-24(12-15-28(25)40-31)27(35)20-32-16-6-3-4-7-17-38-18-8-5-9-23-10-13-26(14-11-23)34-29(36)21-33-30(34)37/h10-15,19,21,27,32,35-36H,3-4,6-8,16-18,20,22H2,1-2H3,(H,33,37). The third kappa shape index (κ3) is 8.47. The summed E-state index contributed by atoms with van der Waals surface area (Å²) in [5.74, 6) is 6.25. The van der Waals surface area contributed by atoms with E-state index < -0.39 is 17.6 Å². The molecule has 1 atom stereocenters. The van der Waals surface area contributed by atoms with Gasteiger partial charge in [-0.15, -0.1) is 0 Å². The van der Waals surface area contributed by atoms with Gasteiger partial charge in [0.05, 0.1) is 31.2 Å². The predicted molar refractivity (Wildman–Crippen MR) is 153 cm³/mol. The van der Waals surface area contributed by atoms with Crippen LogP contribution in [0.15, 0.2) is 53.5 Å². The first-order valence-electron chi connectivity index (χ1n) is 13.8. The fraction of sp³-hybridized carbons (Fsp3) is 0.452. The van der Waals surface area contributed by atoms with Gasteiger partial charge >= 0.3 is 5.69 Å². The van der Waals surface area contributed by atoms with Crippen molar-refractivity contribution in [2.45, 2.75) is 64.4 Å². The SMILES string of the molecule is CC1(C)OCc2cc(C(O)CNCCCCCCOCCC#Cc3ccc(-n4c(O)c[nH]c4=O)cc3)ccc2O1. The minimum Gasteiger partial charge on any atom is -0.493 e. The minimum absolute atomic E-state index is 0.133. The van der Waals surface area contributed by atoms with E-state index in [4.69, 9.17) is 14.2 Å². The molecule has 1 aliphatic rings. The van der Waals surface area contributed by atoms with E-state index in [2.05, 4.69) is 22.1 Å². The Kier molecular flexibility index (Phi) is 10.4. The Morgan fingerprint density at radius 2 is 1.93 bits per heavy atom. The Morgan fingerprint density at radius 3 is 2.70 bits per heavy atom. The smallest absolute Gasteiger partial charge is 0.333 e. The lowest BCUT2D eigenvalue weighted by atomic mass is 10.0. The summed E-state index contributed by atoms with van der Waals surface area (Å²) in [5, 5.41) is 23.6. The predicted octanol–water partition coefficient (Wildman–Crippen LogP) is 4.16. The molecule has 9 heteroatoms. The normalized spacial score (nSPS) is 14.6. The number of aromatic amines is 1. The van der Waals surface area contributed by atoms with E-state index in [0.717, 1.165) is 61.3 Å². The van der Waals surface area contributed by atoms with Crippen molar-refractivity contribution in [1.82, 2.24) is 14.9 Å². The third-order valence-corrected chi connectivity index (χ3v) is 6.62. The van der Waals surface area contributed by atoms with Gasteiger partial charge < -0.3 is 34.7 Å². The number of rotatable bonds is 13. The number of imidazole rings is 1. The van der Waals surface area contributed by atoms with Crippen LogP contribution in [0.25, 0.3) is 5.69 Å².